The molecule has 0 saturated carbocycles. The van der Waals surface area contributed by atoms with Crippen LogP contribution in [0.25, 0.3) is 0 Å². The molecule has 1 aliphatic heterocycles. The van der Waals surface area contributed by atoms with Gasteiger partial charge in [0.15, 0.2) is 18.3 Å². The van der Waals surface area contributed by atoms with Crippen molar-refractivity contribution in [2.24, 2.45) is 0 Å². The molecular weight excluding hydrogens is 396 g/mol. The number of ketones is 1. The Balaban J connectivity index is 1.70. The van der Waals surface area contributed by atoms with Crippen LogP contribution in [0.3, 0.4) is 0 Å². The Bertz CT molecular complexity index is 988. The van der Waals surface area contributed by atoms with Crippen molar-refractivity contribution in [2.45, 2.75) is 20.0 Å². The average Bonchev–Trinajstić information content (AvgIpc) is 3.06. The second-order valence-electron chi connectivity index (χ2n) is 6.36. The number of carbonyl (C=O) groups excluding carboxylic acids is 3. The summed E-state index contributed by atoms with van der Waals surface area (Å²) in [5.74, 6) is -2.00. The molecule has 1 atom stereocenters. The third-order valence-corrected chi connectivity index (χ3v) is 4.68. The fraction of sp³-hybridized carbons (Fsp3) is 0.190. The van der Waals surface area contributed by atoms with Gasteiger partial charge in [-0.1, -0.05) is 35.9 Å². The van der Waals surface area contributed by atoms with Crippen LogP contribution < -0.4 is 10.6 Å². The lowest BCUT2D eigenvalue weighted by molar-refractivity contribution is -0.150. The number of halogens is 1. The zero-order valence-electron chi connectivity index (χ0n) is 15.8. The van der Waals surface area contributed by atoms with Crippen molar-refractivity contribution >= 4 is 40.6 Å². The molecule has 0 aliphatic carbocycles. The number of ether oxygens (including phenoxy) is 2. The minimum Gasteiger partial charge on any atom is -0.470 e. The maximum Gasteiger partial charge on any atom is 0.348 e. The molecule has 0 unspecified atom stereocenters. The highest BCUT2D eigenvalue weighted by Crippen LogP contribution is 2.24. The van der Waals surface area contributed by atoms with Gasteiger partial charge in [-0.3, -0.25) is 9.59 Å². The second-order valence-corrected chi connectivity index (χ2v) is 6.76. The lowest BCUT2D eigenvalue weighted by Crippen LogP contribution is -2.31. The Morgan fingerprint density at radius 3 is 2.59 bits per heavy atom. The summed E-state index contributed by atoms with van der Waals surface area (Å²) < 4.78 is 10.5. The van der Waals surface area contributed by atoms with Crippen LogP contribution in [-0.4, -0.2) is 30.4 Å². The van der Waals surface area contributed by atoms with Crippen LogP contribution in [-0.2, 0) is 23.9 Å². The summed E-state index contributed by atoms with van der Waals surface area (Å²) in [7, 11) is 0. The number of para-hydroxylation sites is 1. The monoisotopic (exact) mass is 414 g/mol. The lowest BCUT2D eigenvalue weighted by Gasteiger charge is -2.15. The van der Waals surface area contributed by atoms with E-state index in [2.05, 4.69) is 10.6 Å². The SMILES string of the molecule is Cc1c(Cl)cccc1NC(=O)[C@H](C)OC(=O)C1=C(Nc2ccccc2)OCC1=O. The van der Waals surface area contributed by atoms with Gasteiger partial charge in [0.2, 0.25) is 11.7 Å². The smallest absolute Gasteiger partial charge is 0.348 e. The molecule has 0 spiro atoms. The van der Waals surface area contributed by atoms with Crippen LogP contribution in [0.4, 0.5) is 11.4 Å². The lowest BCUT2D eigenvalue weighted by atomic mass is 10.2. The predicted octanol–water partition coefficient (Wildman–Crippen LogP) is 3.44. The molecule has 150 valence electrons. The van der Waals surface area contributed by atoms with E-state index in [1.54, 1.807) is 49.4 Å². The highest BCUT2D eigenvalue weighted by molar-refractivity contribution is 6.31. The Kier molecular flexibility index (Phi) is 6.19. The van der Waals surface area contributed by atoms with Gasteiger partial charge in [0.1, 0.15) is 0 Å². The van der Waals surface area contributed by atoms with E-state index < -0.39 is 23.8 Å². The van der Waals surface area contributed by atoms with Crippen LogP contribution in [0.15, 0.2) is 60.0 Å². The summed E-state index contributed by atoms with van der Waals surface area (Å²) in [5, 5.41) is 6.04. The fourth-order valence-electron chi connectivity index (χ4n) is 2.62. The van der Waals surface area contributed by atoms with E-state index >= 15 is 0 Å². The first-order chi connectivity index (χ1) is 13.9. The third-order valence-electron chi connectivity index (χ3n) is 4.27. The van der Waals surface area contributed by atoms with Crippen molar-refractivity contribution < 1.29 is 23.9 Å². The largest absolute Gasteiger partial charge is 0.470 e. The Morgan fingerprint density at radius 2 is 1.86 bits per heavy atom. The van der Waals surface area contributed by atoms with Gasteiger partial charge in [-0.2, -0.15) is 0 Å². The van der Waals surface area contributed by atoms with Crippen molar-refractivity contribution in [3.8, 4) is 0 Å². The van der Waals surface area contributed by atoms with Gasteiger partial charge < -0.3 is 20.1 Å². The number of hydrogen-bond acceptors (Lipinski definition) is 6. The Hall–Kier alpha value is -3.32. The van der Waals surface area contributed by atoms with Crippen molar-refractivity contribution in [2.75, 3.05) is 17.2 Å². The van der Waals surface area contributed by atoms with Crippen molar-refractivity contribution in [3.05, 3.63) is 70.6 Å². The average molecular weight is 415 g/mol. The summed E-state index contributed by atoms with van der Waals surface area (Å²) in [5.41, 5.74) is 1.59. The summed E-state index contributed by atoms with van der Waals surface area (Å²) in [6.45, 7) is 2.90. The molecule has 1 amide bonds. The number of anilines is 2. The third kappa shape index (κ3) is 4.75. The second kappa shape index (κ2) is 8.79. The minimum atomic E-state index is -1.14. The number of carbonyl (C=O) groups is 3. The normalized spacial score (nSPS) is 14.2. The highest BCUT2D eigenvalue weighted by atomic mass is 35.5. The molecular formula is C21H19ClN2O5. The molecule has 0 saturated heterocycles. The highest BCUT2D eigenvalue weighted by Gasteiger charge is 2.34. The number of amides is 1. The Labute approximate surface area is 172 Å². The molecule has 2 aromatic carbocycles. The topological polar surface area (TPSA) is 93.7 Å². The number of rotatable bonds is 6. The molecule has 29 heavy (non-hydrogen) atoms. The summed E-state index contributed by atoms with van der Waals surface area (Å²) >= 11 is 6.04. The van der Waals surface area contributed by atoms with Crippen LogP contribution in [0.5, 0.6) is 0 Å². The van der Waals surface area contributed by atoms with Crippen molar-refractivity contribution in [1.82, 2.24) is 0 Å². The number of benzene rings is 2. The molecule has 3 rings (SSSR count). The molecule has 7 nitrogen and oxygen atoms in total. The maximum absolute atomic E-state index is 12.5. The van der Waals surface area contributed by atoms with Gasteiger partial charge in [-0.05, 0) is 43.7 Å². The van der Waals surface area contributed by atoms with Crippen LogP contribution in [0.2, 0.25) is 5.02 Å². The van der Waals surface area contributed by atoms with Gasteiger partial charge in [0, 0.05) is 16.4 Å². The first-order valence-electron chi connectivity index (χ1n) is 8.86. The van der Waals surface area contributed by atoms with E-state index in [1.807, 2.05) is 6.07 Å². The van der Waals surface area contributed by atoms with Gasteiger partial charge in [-0.15, -0.1) is 0 Å². The molecule has 2 aromatic rings. The number of Topliss-reactive ketones (excluding diaryl/α,β-unsaturated/α-hetero) is 1. The number of esters is 1. The van der Waals surface area contributed by atoms with E-state index in [-0.39, 0.29) is 18.1 Å². The van der Waals surface area contributed by atoms with Crippen LogP contribution >= 0.6 is 11.6 Å². The maximum atomic E-state index is 12.5. The van der Waals surface area contributed by atoms with E-state index in [1.165, 1.54) is 6.92 Å². The molecule has 0 aromatic heterocycles. The Morgan fingerprint density at radius 1 is 1.14 bits per heavy atom. The van der Waals surface area contributed by atoms with Crippen LogP contribution in [0, 0.1) is 6.92 Å². The first kappa shape index (κ1) is 20.4. The van der Waals surface area contributed by atoms with Gasteiger partial charge in [0.25, 0.3) is 5.91 Å². The molecule has 2 N–H and O–H groups in total. The van der Waals surface area contributed by atoms with Gasteiger partial charge >= 0.3 is 5.97 Å². The molecule has 1 heterocycles. The van der Waals surface area contributed by atoms with Gasteiger partial charge in [0.05, 0.1) is 0 Å². The van der Waals surface area contributed by atoms with Crippen molar-refractivity contribution in [1.29, 1.82) is 0 Å². The summed E-state index contributed by atoms with van der Waals surface area (Å²) in [4.78, 5) is 37.0. The van der Waals surface area contributed by atoms with E-state index in [9.17, 15) is 14.4 Å². The zero-order valence-corrected chi connectivity index (χ0v) is 16.6. The van der Waals surface area contributed by atoms with Gasteiger partial charge in [-0.25, -0.2) is 4.79 Å². The molecule has 1 aliphatic rings. The van der Waals surface area contributed by atoms with E-state index in [0.717, 1.165) is 0 Å². The molecule has 0 bridgehead atoms. The van der Waals surface area contributed by atoms with Crippen molar-refractivity contribution in [3.63, 3.8) is 0 Å². The molecule has 0 fully saturated rings. The fourth-order valence-corrected chi connectivity index (χ4v) is 2.79. The van der Waals surface area contributed by atoms with Crippen LogP contribution in [0.1, 0.15) is 12.5 Å². The number of nitrogens with one attached hydrogen (secondary N) is 2. The predicted molar refractivity (Wildman–Crippen MR) is 108 cm³/mol. The minimum absolute atomic E-state index is 0.00416. The zero-order chi connectivity index (χ0) is 21.0. The quantitative estimate of drug-likeness (QED) is 0.555. The summed E-state index contributed by atoms with van der Waals surface area (Å²) in [6.07, 6.45) is -1.14. The standard InChI is InChI=1S/C21H19ClN2O5/c1-12-15(22)9-6-10-16(12)24-19(26)13(2)29-21(27)18-17(25)11-28-20(18)23-14-7-4-3-5-8-14/h3-10,13,23H,11H2,1-2H3,(H,24,26)/t13-/m0/s1. The molecule has 8 heteroatoms. The number of hydrogen-bond donors (Lipinski definition) is 2. The summed E-state index contributed by atoms with van der Waals surface area (Å²) in [6, 6.07) is 14.0. The van der Waals surface area contributed by atoms with E-state index in [0.29, 0.717) is 22.0 Å². The molecule has 0 radical (unpaired) electrons. The first-order valence-corrected chi connectivity index (χ1v) is 9.24. The van der Waals surface area contributed by atoms with E-state index in [4.69, 9.17) is 21.1 Å².